The maximum Gasteiger partial charge on any atom is 0.309 e. The average Bonchev–Trinajstić information content (AvgIpc) is 2.50. The molecule has 130 valence electrons. The lowest BCUT2D eigenvalue weighted by Crippen LogP contribution is -2.53. The van der Waals surface area contributed by atoms with Gasteiger partial charge in [0.1, 0.15) is 18.3 Å². The quantitative estimate of drug-likeness (QED) is 0.496. The number of hydrogen-bond donors (Lipinski definition) is 2. The molecule has 0 radical (unpaired) electrons. The molecule has 1 fully saturated rings. The molecule has 4 atom stereocenters. The number of ether oxygens (including phenoxy) is 3. The monoisotopic (exact) mass is 318 g/mol. The van der Waals surface area contributed by atoms with Gasteiger partial charge in [-0.1, -0.05) is 27.2 Å². The molecule has 1 heterocycles. The van der Waals surface area contributed by atoms with Crippen LogP contribution in [-0.2, 0) is 19.0 Å². The van der Waals surface area contributed by atoms with Gasteiger partial charge >= 0.3 is 5.97 Å². The number of aliphatic hydroxyl groups excluding tert-OH is 2. The van der Waals surface area contributed by atoms with Crippen molar-refractivity contribution in [3.05, 3.63) is 0 Å². The Hall–Kier alpha value is -0.690. The van der Waals surface area contributed by atoms with Crippen LogP contribution >= 0.6 is 0 Å². The van der Waals surface area contributed by atoms with Crippen LogP contribution in [0.25, 0.3) is 0 Å². The zero-order valence-electron chi connectivity index (χ0n) is 13.9. The number of rotatable bonds is 9. The lowest BCUT2D eigenvalue weighted by Gasteiger charge is -2.39. The summed E-state index contributed by atoms with van der Waals surface area (Å²) in [4.78, 5) is 12.2. The summed E-state index contributed by atoms with van der Waals surface area (Å²) in [6.45, 7) is 6.17. The highest BCUT2D eigenvalue weighted by Crippen LogP contribution is 2.26. The van der Waals surface area contributed by atoms with Gasteiger partial charge in [-0.05, 0) is 19.3 Å². The summed E-state index contributed by atoms with van der Waals surface area (Å²) in [5.74, 6) is -0.422. The van der Waals surface area contributed by atoms with E-state index in [1.807, 2.05) is 13.8 Å². The zero-order valence-corrected chi connectivity index (χ0v) is 13.9. The van der Waals surface area contributed by atoms with Crippen LogP contribution in [-0.4, -0.2) is 54.0 Å². The van der Waals surface area contributed by atoms with Crippen molar-refractivity contribution in [1.29, 1.82) is 0 Å². The predicted octanol–water partition coefficient (Wildman–Crippen LogP) is 1.62. The molecule has 4 unspecified atom stereocenters. The second-order valence-corrected chi connectivity index (χ2v) is 5.73. The standard InChI is InChI=1S/C16H30O6/c1-4-7-8-20-15-12(9-14(18)21-13(15)10-17)22-16(19)11(5-2)6-3/h11-15,17-18H,4-10H2,1-3H3. The first-order valence-electron chi connectivity index (χ1n) is 8.33. The van der Waals surface area contributed by atoms with Gasteiger partial charge in [0.05, 0.1) is 12.5 Å². The molecule has 6 heteroatoms. The first-order valence-corrected chi connectivity index (χ1v) is 8.33. The van der Waals surface area contributed by atoms with Crippen molar-refractivity contribution in [1.82, 2.24) is 0 Å². The highest BCUT2D eigenvalue weighted by molar-refractivity contribution is 5.72. The highest BCUT2D eigenvalue weighted by Gasteiger charge is 2.41. The molecule has 0 aromatic heterocycles. The normalized spacial score (nSPS) is 28.8. The fourth-order valence-corrected chi connectivity index (χ4v) is 2.61. The lowest BCUT2D eigenvalue weighted by molar-refractivity contribution is -0.256. The molecule has 0 spiro atoms. The molecule has 2 N–H and O–H groups in total. The molecule has 1 saturated heterocycles. The third kappa shape index (κ3) is 5.50. The van der Waals surface area contributed by atoms with E-state index in [2.05, 4.69) is 6.92 Å². The van der Waals surface area contributed by atoms with Gasteiger partial charge < -0.3 is 24.4 Å². The van der Waals surface area contributed by atoms with Gasteiger partial charge in [0.25, 0.3) is 0 Å². The Morgan fingerprint density at radius 1 is 1.32 bits per heavy atom. The van der Waals surface area contributed by atoms with Gasteiger partial charge in [0.15, 0.2) is 6.29 Å². The minimum atomic E-state index is -1.05. The van der Waals surface area contributed by atoms with Crippen LogP contribution in [0.2, 0.25) is 0 Å². The van der Waals surface area contributed by atoms with Crippen molar-refractivity contribution in [3.8, 4) is 0 Å². The van der Waals surface area contributed by atoms with Crippen molar-refractivity contribution in [2.24, 2.45) is 5.92 Å². The van der Waals surface area contributed by atoms with Gasteiger partial charge in [0.2, 0.25) is 0 Å². The van der Waals surface area contributed by atoms with Crippen LogP contribution in [0.5, 0.6) is 0 Å². The fourth-order valence-electron chi connectivity index (χ4n) is 2.61. The third-order valence-electron chi connectivity index (χ3n) is 4.07. The summed E-state index contributed by atoms with van der Waals surface area (Å²) in [5.41, 5.74) is 0. The van der Waals surface area contributed by atoms with E-state index in [0.29, 0.717) is 19.4 Å². The maximum atomic E-state index is 12.2. The molecule has 22 heavy (non-hydrogen) atoms. The molecule has 0 amide bonds. The van der Waals surface area contributed by atoms with Crippen molar-refractivity contribution < 1.29 is 29.2 Å². The van der Waals surface area contributed by atoms with Gasteiger partial charge in [-0.3, -0.25) is 4.79 Å². The SMILES string of the molecule is CCCCOC1C(OC(=O)C(CC)CC)CC(O)OC1CO. The Bertz CT molecular complexity index is 318. The molecule has 1 aliphatic rings. The number of carbonyl (C=O) groups is 1. The van der Waals surface area contributed by atoms with Gasteiger partial charge in [-0.25, -0.2) is 0 Å². The number of esters is 1. The second-order valence-electron chi connectivity index (χ2n) is 5.73. The largest absolute Gasteiger partial charge is 0.459 e. The number of aliphatic hydroxyl groups is 2. The van der Waals surface area contributed by atoms with E-state index in [4.69, 9.17) is 14.2 Å². The molecule has 0 aromatic rings. The average molecular weight is 318 g/mol. The minimum absolute atomic E-state index is 0.149. The molecule has 1 rings (SSSR count). The third-order valence-corrected chi connectivity index (χ3v) is 4.07. The topological polar surface area (TPSA) is 85.2 Å². The summed E-state index contributed by atoms with van der Waals surface area (Å²) in [6, 6.07) is 0. The second kappa shape index (κ2) is 10.2. The van der Waals surface area contributed by atoms with Crippen molar-refractivity contribution in [3.63, 3.8) is 0 Å². The molecule has 6 nitrogen and oxygen atoms in total. The van der Waals surface area contributed by atoms with Crippen molar-refractivity contribution in [2.75, 3.05) is 13.2 Å². The Labute approximate surface area is 132 Å². The number of hydrogen-bond acceptors (Lipinski definition) is 6. The van der Waals surface area contributed by atoms with E-state index >= 15 is 0 Å². The molecular formula is C16H30O6. The van der Waals surface area contributed by atoms with E-state index in [-0.39, 0.29) is 24.9 Å². The summed E-state index contributed by atoms with van der Waals surface area (Å²) in [7, 11) is 0. The summed E-state index contributed by atoms with van der Waals surface area (Å²) in [5, 5.41) is 19.2. The minimum Gasteiger partial charge on any atom is -0.459 e. The van der Waals surface area contributed by atoms with Crippen molar-refractivity contribution >= 4 is 5.97 Å². The van der Waals surface area contributed by atoms with Crippen LogP contribution in [0.4, 0.5) is 0 Å². The molecule has 0 bridgehead atoms. The van der Waals surface area contributed by atoms with Crippen LogP contribution < -0.4 is 0 Å². The molecule has 0 aromatic carbocycles. The molecule has 1 aliphatic heterocycles. The Morgan fingerprint density at radius 3 is 2.55 bits per heavy atom. The van der Waals surface area contributed by atoms with Crippen LogP contribution in [0, 0.1) is 5.92 Å². The maximum absolute atomic E-state index is 12.2. The first-order chi connectivity index (χ1) is 10.6. The first kappa shape index (κ1) is 19.4. The van der Waals surface area contributed by atoms with Crippen LogP contribution in [0.15, 0.2) is 0 Å². The van der Waals surface area contributed by atoms with E-state index in [0.717, 1.165) is 12.8 Å². The summed E-state index contributed by atoms with van der Waals surface area (Å²) in [6.07, 6.45) is 0.589. The fraction of sp³-hybridized carbons (Fsp3) is 0.938. The number of unbranched alkanes of at least 4 members (excludes halogenated alkanes) is 1. The highest BCUT2D eigenvalue weighted by atomic mass is 16.6. The summed E-state index contributed by atoms with van der Waals surface area (Å²) < 4.78 is 16.6. The Balaban J connectivity index is 2.73. The van der Waals surface area contributed by atoms with E-state index in [1.54, 1.807) is 0 Å². The smallest absolute Gasteiger partial charge is 0.309 e. The predicted molar refractivity (Wildman–Crippen MR) is 81.2 cm³/mol. The Kier molecular flexibility index (Phi) is 8.93. The molecule has 0 saturated carbocycles. The molecule has 0 aliphatic carbocycles. The Morgan fingerprint density at radius 2 is 2.00 bits per heavy atom. The van der Waals surface area contributed by atoms with E-state index in [1.165, 1.54) is 0 Å². The van der Waals surface area contributed by atoms with E-state index < -0.39 is 24.6 Å². The van der Waals surface area contributed by atoms with Gasteiger partial charge in [-0.2, -0.15) is 0 Å². The van der Waals surface area contributed by atoms with Crippen molar-refractivity contribution in [2.45, 2.75) is 77.5 Å². The van der Waals surface area contributed by atoms with Crippen LogP contribution in [0.1, 0.15) is 52.9 Å². The van der Waals surface area contributed by atoms with Gasteiger partial charge in [0, 0.05) is 13.0 Å². The van der Waals surface area contributed by atoms with Crippen LogP contribution in [0.3, 0.4) is 0 Å². The number of carbonyl (C=O) groups excluding carboxylic acids is 1. The summed E-state index contributed by atoms with van der Waals surface area (Å²) >= 11 is 0. The lowest BCUT2D eigenvalue weighted by atomic mass is 10.00. The van der Waals surface area contributed by atoms with Gasteiger partial charge in [-0.15, -0.1) is 0 Å². The zero-order chi connectivity index (χ0) is 16.5. The molecular weight excluding hydrogens is 288 g/mol. The van der Waals surface area contributed by atoms with E-state index in [9.17, 15) is 15.0 Å².